The lowest BCUT2D eigenvalue weighted by Gasteiger charge is -2.05. The van der Waals surface area contributed by atoms with Crippen LogP contribution in [0.15, 0.2) is 40.9 Å². The highest BCUT2D eigenvalue weighted by Crippen LogP contribution is 2.22. The van der Waals surface area contributed by atoms with E-state index in [1.165, 1.54) is 0 Å². The van der Waals surface area contributed by atoms with E-state index in [0.29, 0.717) is 14.9 Å². The van der Waals surface area contributed by atoms with Gasteiger partial charge in [0.25, 0.3) is 5.91 Å². The van der Waals surface area contributed by atoms with Crippen LogP contribution in [0.2, 0.25) is 4.34 Å². The lowest BCUT2D eigenvalue weighted by molar-refractivity contribution is -0.119. The monoisotopic (exact) mass is 373 g/mol. The van der Waals surface area contributed by atoms with Crippen molar-refractivity contribution in [2.45, 2.75) is 0 Å². The van der Waals surface area contributed by atoms with Crippen LogP contribution in [0.5, 0.6) is 0 Å². The Morgan fingerprint density at radius 2 is 1.90 bits per heavy atom. The molecule has 0 aliphatic heterocycles. The minimum absolute atomic E-state index is 0.343. The molecular formula is C13H9BrClNO3S. The topological polar surface area (TPSA) is 55.4 Å². The SMILES string of the molecule is O=C(COC(=O)c1ccc(Cl)s1)Nc1ccc(Br)cc1. The zero-order valence-corrected chi connectivity index (χ0v) is 13.2. The van der Waals surface area contributed by atoms with Crippen molar-refractivity contribution in [1.29, 1.82) is 0 Å². The average molecular weight is 375 g/mol. The van der Waals surface area contributed by atoms with E-state index < -0.39 is 11.9 Å². The van der Waals surface area contributed by atoms with E-state index in [1.54, 1.807) is 36.4 Å². The number of thiophene rings is 1. The van der Waals surface area contributed by atoms with Gasteiger partial charge in [-0.05, 0) is 36.4 Å². The van der Waals surface area contributed by atoms with Crippen molar-refractivity contribution in [2.24, 2.45) is 0 Å². The maximum atomic E-state index is 11.6. The minimum atomic E-state index is -0.562. The highest BCUT2D eigenvalue weighted by atomic mass is 79.9. The molecule has 1 N–H and O–H groups in total. The molecule has 2 aromatic rings. The molecule has 0 spiro atoms. The number of carbonyl (C=O) groups is 2. The van der Waals surface area contributed by atoms with Gasteiger partial charge in [-0.1, -0.05) is 27.5 Å². The summed E-state index contributed by atoms with van der Waals surface area (Å²) in [7, 11) is 0. The molecule has 4 nitrogen and oxygen atoms in total. The molecule has 1 aromatic heterocycles. The van der Waals surface area contributed by atoms with Gasteiger partial charge in [0.05, 0.1) is 4.34 Å². The molecule has 0 saturated carbocycles. The summed E-state index contributed by atoms with van der Waals surface area (Å²) in [6, 6.07) is 10.2. The predicted molar refractivity (Wildman–Crippen MR) is 82.4 cm³/mol. The predicted octanol–water partition coefficient (Wildman–Crippen LogP) is 3.96. The van der Waals surface area contributed by atoms with Crippen molar-refractivity contribution in [3.05, 3.63) is 50.1 Å². The summed E-state index contributed by atoms with van der Waals surface area (Å²) in [6.07, 6.45) is 0. The minimum Gasteiger partial charge on any atom is -0.451 e. The Morgan fingerprint density at radius 1 is 1.20 bits per heavy atom. The lowest BCUT2D eigenvalue weighted by Crippen LogP contribution is -2.20. The van der Waals surface area contributed by atoms with E-state index in [-0.39, 0.29) is 6.61 Å². The number of hydrogen-bond acceptors (Lipinski definition) is 4. The van der Waals surface area contributed by atoms with Gasteiger partial charge in [-0.3, -0.25) is 4.79 Å². The van der Waals surface area contributed by atoms with Crippen LogP contribution in [0.4, 0.5) is 5.69 Å². The number of hydrogen-bond donors (Lipinski definition) is 1. The first kappa shape index (κ1) is 15.0. The zero-order valence-electron chi connectivity index (χ0n) is 10.1. The fraction of sp³-hybridized carbons (Fsp3) is 0.0769. The molecule has 0 atom stereocenters. The molecule has 0 fully saturated rings. The highest BCUT2D eigenvalue weighted by molar-refractivity contribution is 9.10. The Bertz CT molecular complexity index is 627. The standard InChI is InChI=1S/C13H9BrClNO3S/c14-8-1-3-9(4-2-8)16-12(17)7-19-13(18)10-5-6-11(15)20-10/h1-6H,7H2,(H,16,17). The maximum Gasteiger partial charge on any atom is 0.348 e. The third kappa shape index (κ3) is 4.33. The molecule has 0 bridgehead atoms. The van der Waals surface area contributed by atoms with E-state index in [2.05, 4.69) is 21.2 Å². The van der Waals surface area contributed by atoms with Gasteiger partial charge in [0.1, 0.15) is 4.88 Å². The van der Waals surface area contributed by atoms with Gasteiger partial charge >= 0.3 is 5.97 Å². The summed E-state index contributed by atoms with van der Waals surface area (Å²) in [4.78, 5) is 23.6. The maximum absolute atomic E-state index is 11.6. The third-order valence-electron chi connectivity index (χ3n) is 2.24. The number of halogens is 2. The van der Waals surface area contributed by atoms with Gasteiger partial charge in [0.2, 0.25) is 0 Å². The van der Waals surface area contributed by atoms with Gasteiger partial charge < -0.3 is 10.1 Å². The molecule has 0 radical (unpaired) electrons. The first-order valence-corrected chi connectivity index (χ1v) is 7.51. The first-order valence-electron chi connectivity index (χ1n) is 5.52. The van der Waals surface area contributed by atoms with Crippen molar-refractivity contribution in [2.75, 3.05) is 11.9 Å². The van der Waals surface area contributed by atoms with Crippen LogP contribution in [0.3, 0.4) is 0 Å². The fourth-order valence-electron chi connectivity index (χ4n) is 1.36. The first-order chi connectivity index (χ1) is 9.54. The van der Waals surface area contributed by atoms with Crippen LogP contribution in [0.25, 0.3) is 0 Å². The molecule has 1 amide bonds. The van der Waals surface area contributed by atoms with Gasteiger partial charge in [0.15, 0.2) is 6.61 Å². The molecule has 2 rings (SSSR count). The van der Waals surface area contributed by atoms with Crippen LogP contribution < -0.4 is 5.32 Å². The van der Waals surface area contributed by atoms with E-state index >= 15 is 0 Å². The number of esters is 1. The molecular weight excluding hydrogens is 366 g/mol. The second-order valence-electron chi connectivity index (χ2n) is 3.73. The Hall–Kier alpha value is -1.37. The van der Waals surface area contributed by atoms with Crippen molar-refractivity contribution in [3.63, 3.8) is 0 Å². The Morgan fingerprint density at radius 3 is 2.50 bits per heavy atom. The van der Waals surface area contributed by atoms with Crippen LogP contribution in [-0.2, 0) is 9.53 Å². The fourth-order valence-corrected chi connectivity index (χ4v) is 2.56. The second-order valence-corrected chi connectivity index (χ2v) is 6.37. The van der Waals surface area contributed by atoms with Gasteiger partial charge in [-0.2, -0.15) is 0 Å². The molecule has 1 heterocycles. The number of rotatable bonds is 4. The summed E-state index contributed by atoms with van der Waals surface area (Å²) >= 11 is 10.1. The molecule has 0 saturated heterocycles. The smallest absolute Gasteiger partial charge is 0.348 e. The highest BCUT2D eigenvalue weighted by Gasteiger charge is 2.12. The molecule has 1 aromatic carbocycles. The van der Waals surface area contributed by atoms with Crippen LogP contribution >= 0.6 is 38.9 Å². The van der Waals surface area contributed by atoms with E-state index in [0.717, 1.165) is 15.8 Å². The largest absolute Gasteiger partial charge is 0.451 e. The van der Waals surface area contributed by atoms with E-state index in [4.69, 9.17) is 16.3 Å². The quantitative estimate of drug-likeness (QED) is 0.824. The normalized spacial score (nSPS) is 10.1. The number of nitrogens with one attached hydrogen (secondary N) is 1. The molecule has 0 aliphatic rings. The van der Waals surface area contributed by atoms with Gasteiger partial charge in [-0.25, -0.2) is 4.79 Å². The van der Waals surface area contributed by atoms with Gasteiger partial charge in [0, 0.05) is 10.2 Å². The third-order valence-corrected chi connectivity index (χ3v) is 3.98. The average Bonchev–Trinajstić information content (AvgIpc) is 2.85. The number of anilines is 1. The van der Waals surface area contributed by atoms with Crippen molar-refractivity contribution in [3.8, 4) is 0 Å². The van der Waals surface area contributed by atoms with Crippen molar-refractivity contribution >= 4 is 56.4 Å². The second kappa shape index (κ2) is 6.88. The van der Waals surface area contributed by atoms with Crippen LogP contribution in [-0.4, -0.2) is 18.5 Å². The number of ether oxygens (including phenoxy) is 1. The number of amides is 1. The summed E-state index contributed by atoms with van der Waals surface area (Å²) in [6.45, 7) is -0.343. The Labute approximate surface area is 132 Å². The van der Waals surface area contributed by atoms with Gasteiger partial charge in [-0.15, -0.1) is 11.3 Å². The van der Waals surface area contributed by atoms with E-state index in [1.807, 2.05) is 0 Å². The molecule has 7 heteroatoms. The zero-order chi connectivity index (χ0) is 14.5. The Kier molecular flexibility index (Phi) is 5.17. The number of carbonyl (C=O) groups excluding carboxylic acids is 2. The van der Waals surface area contributed by atoms with Crippen LogP contribution in [0.1, 0.15) is 9.67 Å². The summed E-state index contributed by atoms with van der Waals surface area (Å²) < 4.78 is 6.30. The molecule has 0 unspecified atom stereocenters. The van der Waals surface area contributed by atoms with Crippen molar-refractivity contribution in [1.82, 2.24) is 0 Å². The Balaban J connectivity index is 1.83. The van der Waals surface area contributed by atoms with Crippen molar-refractivity contribution < 1.29 is 14.3 Å². The number of benzene rings is 1. The molecule has 20 heavy (non-hydrogen) atoms. The summed E-state index contributed by atoms with van der Waals surface area (Å²) in [5.74, 6) is -0.962. The molecule has 0 aliphatic carbocycles. The lowest BCUT2D eigenvalue weighted by atomic mass is 10.3. The van der Waals surface area contributed by atoms with E-state index in [9.17, 15) is 9.59 Å². The van der Waals surface area contributed by atoms with Crippen LogP contribution in [0, 0.1) is 0 Å². The summed E-state index contributed by atoms with van der Waals surface area (Å²) in [5.41, 5.74) is 0.633. The summed E-state index contributed by atoms with van der Waals surface area (Å²) in [5, 5.41) is 2.62. The molecule has 104 valence electrons.